The van der Waals surface area contributed by atoms with Crippen molar-refractivity contribution in [2.75, 3.05) is 0 Å². The highest BCUT2D eigenvalue weighted by Gasteiger charge is 2.31. The van der Waals surface area contributed by atoms with E-state index in [1.807, 2.05) is 6.07 Å². The van der Waals surface area contributed by atoms with E-state index >= 15 is 4.39 Å². The molecule has 0 N–H and O–H groups in total. The highest BCUT2D eigenvalue weighted by atomic mass is 19.2. The number of hydrogen-bond donors (Lipinski definition) is 0. The van der Waals surface area contributed by atoms with E-state index in [-0.39, 0.29) is 11.1 Å². The number of unbranched alkanes of at least 4 members (excludes halogenated alkanes) is 1. The molecular weight excluding hydrogens is 400 g/mol. The SMILES string of the molecule is CCCC=CC1CCC(C2CCc3c(ccc(-c4cc(F)c(F)c(F)c4)c3F)C2)CC1. The molecule has 1 saturated carbocycles. The summed E-state index contributed by atoms with van der Waals surface area (Å²) in [5.41, 5.74) is 1.82. The second kappa shape index (κ2) is 9.58. The van der Waals surface area contributed by atoms with Crippen LogP contribution in [0.3, 0.4) is 0 Å². The number of halogens is 4. The van der Waals surface area contributed by atoms with Crippen LogP contribution >= 0.6 is 0 Å². The Balaban J connectivity index is 1.46. The minimum Gasteiger partial charge on any atom is -0.206 e. The van der Waals surface area contributed by atoms with Gasteiger partial charge in [-0.25, -0.2) is 17.6 Å². The van der Waals surface area contributed by atoms with Gasteiger partial charge in [0.25, 0.3) is 0 Å². The van der Waals surface area contributed by atoms with E-state index in [1.54, 1.807) is 6.07 Å². The summed E-state index contributed by atoms with van der Waals surface area (Å²) in [6.45, 7) is 2.20. The Labute approximate surface area is 182 Å². The van der Waals surface area contributed by atoms with Crippen molar-refractivity contribution in [3.05, 3.63) is 70.8 Å². The summed E-state index contributed by atoms with van der Waals surface area (Å²) in [6.07, 6.45) is 14.5. The fourth-order valence-electron chi connectivity index (χ4n) is 5.44. The summed E-state index contributed by atoms with van der Waals surface area (Å²) in [7, 11) is 0. The fourth-order valence-corrected chi connectivity index (χ4v) is 5.44. The quantitative estimate of drug-likeness (QED) is 0.255. The van der Waals surface area contributed by atoms with Crippen LogP contribution in [0.5, 0.6) is 0 Å². The third kappa shape index (κ3) is 4.73. The average Bonchev–Trinajstić information content (AvgIpc) is 2.78. The second-order valence-electron chi connectivity index (χ2n) is 9.21. The molecule has 0 bridgehead atoms. The van der Waals surface area contributed by atoms with Crippen LogP contribution in [-0.2, 0) is 12.8 Å². The number of hydrogen-bond acceptors (Lipinski definition) is 0. The largest absolute Gasteiger partial charge is 0.206 e. The normalized spacial score (nSPS) is 23.8. The molecule has 166 valence electrons. The Morgan fingerprint density at radius 1 is 0.871 bits per heavy atom. The maximum atomic E-state index is 15.2. The monoisotopic (exact) mass is 430 g/mol. The van der Waals surface area contributed by atoms with Crippen molar-refractivity contribution in [2.24, 2.45) is 17.8 Å². The van der Waals surface area contributed by atoms with Gasteiger partial charge in [-0.3, -0.25) is 0 Å². The molecule has 4 heteroatoms. The van der Waals surface area contributed by atoms with Crippen molar-refractivity contribution in [3.8, 4) is 11.1 Å². The summed E-state index contributed by atoms with van der Waals surface area (Å²) >= 11 is 0. The van der Waals surface area contributed by atoms with Gasteiger partial charge in [-0.2, -0.15) is 0 Å². The van der Waals surface area contributed by atoms with Crippen LogP contribution in [-0.4, -0.2) is 0 Å². The molecule has 1 atom stereocenters. The molecule has 2 aliphatic carbocycles. The van der Waals surface area contributed by atoms with E-state index < -0.39 is 23.3 Å². The lowest BCUT2D eigenvalue weighted by Crippen LogP contribution is -2.26. The fraction of sp³-hybridized carbons (Fsp3) is 0.481. The molecule has 1 unspecified atom stereocenters. The summed E-state index contributed by atoms with van der Waals surface area (Å²) in [6, 6.07) is 5.20. The molecule has 0 amide bonds. The van der Waals surface area contributed by atoms with Gasteiger partial charge in [-0.15, -0.1) is 0 Å². The van der Waals surface area contributed by atoms with Crippen LogP contribution in [0.25, 0.3) is 11.1 Å². The molecule has 0 heterocycles. The van der Waals surface area contributed by atoms with Crippen molar-refractivity contribution < 1.29 is 17.6 Å². The van der Waals surface area contributed by atoms with Gasteiger partial charge < -0.3 is 0 Å². The third-order valence-electron chi connectivity index (χ3n) is 7.23. The molecule has 0 nitrogen and oxygen atoms in total. The lowest BCUT2D eigenvalue weighted by molar-refractivity contribution is 0.205. The zero-order valence-corrected chi connectivity index (χ0v) is 18.1. The van der Waals surface area contributed by atoms with Crippen molar-refractivity contribution in [1.82, 2.24) is 0 Å². The number of rotatable bonds is 5. The first-order valence-electron chi connectivity index (χ1n) is 11.6. The molecule has 2 aliphatic rings. The smallest absolute Gasteiger partial charge is 0.194 e. The van der Waals surface area contributed by atoms with Crippen LogP contribution in [0.1, 0.15) is 63.0 Å². The molecule has 2 aromatic carbocycles. The summed E-state index contributed by atoms with van der Waals surface area (Å²) in [5.74, 6) is -2.59. The first-order valence-corrected chi connectivity index (χ1v) is 11.6. The number of fused-ring (bicyclic) bond motifs is 1. The molecule has 0 saturated heterocycles. The first kappa shape index (κ1) is 22.1. The third-order valence-corrected chi connectivity index (χ3v) is 7.23. The van der Waals surface area contributed by atoms with Gasteiger partial charge in [-0.1, -0.05) is 37.6 Å². The standard InChI is InChI=1S/C27H30F4/c1-2-3-4-5-17-6-8-18(9-7-17)19-10-12-22-20(14-19)11-13-23(26(22)30)21-15-24(28)27(31)25(29)16-21/h4-5,11,13,15-19H,2-3,6-10,12,14H2,1H3. The summed E-state index contributed by atoms with van der Waals surface area (Å²) < 4.78 is 55.8. The first-order chi connectivity index (χ1) is 15.0. The molecule has 0 aliphatic heterocycles. The molecule has 0 spiro atoms. The van der Waals surface area contributed by atoms with Crippen molar-refractivity contribution in [2.45, 2.75) is 64.7 Å². The van der Waals surface area contributed by atoms with E-state index in [1.165, 1.54) is 32.1 Å². The van der Waals surface area contributed by atoms with Crippen molar-refractivity contribution in [3.63, 3.8) is 0 Å². The number of allylic oxidation sites excluding steroid dienone is 2. The van der Waals surface area contributed by atoms with Gasteiger partial charge >= 0.3 is 0 Å². The predicted octanol–water partition coefficient (Wildman–Crippen LogP) is 8.18. The van der Waals surface area contributed by atoms with E-state index in [4.69, 9.17) is 0 Å². The average molecular weight is 431 g/mol. The topological polar surface area (TPSA) is 0 Å². The lowest BCUT2D eigenvalue weighted by atomic mass is 9.69. The van der Waals surface area contributed by atoms with Crippen LogP contribution < -0.4 is 0 Å². The Bertz CT molecular complexity index is 931. The van der Waals surface area contributed by atoms with Gasteiger partial charge in [0.05, 0.1) is 0 Å². The maximum absolute atomic E-state index is 15.2. The minimum atomic E-state index is -1.53. The van der Waals surface area contributed by atoms with E-state index in [0.717, 1.165) is 37.0 Å². The Kier molecular flexibility index (Phi) is 6.83. The van der Waals surface area contributed by atoms with Crippen LogP contribution in [0.2, 0.25) is 0 Å². The van der Waals surface area contributed by atoms with Gasteiger partial charge in [0.2, 0.25) is 0 Å². The van der Waals surface area contributed by atoms with E-state index in [0.29, 0.717) is 29.7 Å². The molecule has 0 radical (unpaired) electrons. The minimum absolute atomic E-state index is 0.0354. The zero-order valence-electron chi connectivity index (χ0n) is 18.1. The Morgan fingerprint density at radius 3 is 2.26 bits per heavy atom. The predicted molar refractivity (Wildman–Crippen MR) is 117 cm³/mol. The van der Waals surface area contributed by atoms with Gasteiger partial charge in [0, 0.05) is 5.56 Å². The summed E-state index contributed by atoms with van der Waals surface area (Å²) in [4.78, 5) is 0. The maximum Gasteiger partial charge on any atom is 0.194 e. The van der Waals surface area contributed by atoms with Gasteiger partial charge in [-0.05, 0) is 97.9 Å². The van der Waals surface area contributed by atoms with Crippen LogP contribution in [0, 0.1) is 41.0 Å². The summed E-state index contributed by atoms with van der Waals surface area (Å²) in [5, 5.41) is 0. The lowest BCUT2D eigenvalue weighted by Gasteiger charge is -2.36. The van der Waals surface area contributed by atoms with Crippen LogP contribution in [0.15, 0.2) is 36.4 Å². The molecule has 0 aromatic heterocycles. The van der Waals surface area contributed by atoms with Crippen LogP contribution in [0.4, 0.5) is 17.6 Å². The molecule has 1 fully saturated rings. The Hall–Kier alpha value is -2.10. The highest BCUT2D eigenvalue weighted by molar-refractivity contribution is 5.66. The second-order valence-corrected chi connectivity index (χ2v) is 9.21. The molecule has 31 heavy (non-hydrogen) atoms. The van der Waals surface area contributed by atoms with Gasteiger partial charge in [0.15, 0.2) is 17.5 Å². The highest BCUT2D eigenvalue weighted by Crippen LogP contribution is 2.41. The zero-order chi connectivity index (χ0) is 22.0. The van der Waals surface area contributed by atoms with Crippen molar-refractivity contribution >= 4 is 0 Å². The van der Waals surface area contributed by atoms with E-state index in [2.05, 4.69) is 19.1 Å². The molecular formula is C27H30F4. The Morgan fingerprint density at radius 2 is 1.58 bits per heavy atom. The van der Waals surface area contributed by atoms with Crippen molar-refractivity contribution in [1.29, 1.82) is 0 Å². The van der Waals surface area contributed by atoms with E-state index in [9.17, 15) is 13.2 Å². The number of benzene rings is 2. The van der Waals surface area contributed by atoms with Gasteiger partial charge in [0.1, 0.15) is 5.82 Å². The molecule has 2 aromatic rings. The molecule has 4 rings (SSSR count).